The zero-order valence-corrected chi connectivity index (χ0v) is 19.1. The maximum absolute atomic E-state index is 13.5. The third-order valence-corrected chi connectivity index (χ3v) is 8.62. The van der Waals surface area contributed by atoms with Crippen molar-refractivity contribution in [3.05, 3.63) is 76.3 Å². The second-order valence-electron chi connectivity index (χ2n) is 8.45. The molecule has 3 aromatic carbocycles. The van der Waals surface area contributed by atoms with Crippen molar-refractivity contribution in [2.45, 2.75) is 39.1 Å². The van der Waals surface area contributed by atoms with Gasteiger partial charge in [-0.3, -0.25) is 4.90 Å². The van der Waals surface area contributed by atoms with Crippen LogP contribution in [0.25, 0.3) is 10.8 Å². The SMILES string of the molecule is Cc1cc(C)c(C)c(S(=O)(=O)N2CCN(Cc3ccc4ccccc4c3)CC2)c1C. The number of fused-ring (bicyclic) bond motifs is 1. The van der Waals surface area contributed by atoms with E-state index in [1.807, 2.05) is 27.7 Å². The van der Waals surface area contributed by atoms with Gasteiger partial charge in [-0.05, 0) is 72.4 Å². The van der Waals surface area contributed by atoms with Gasteiger partial charge in [0.15, 0.2) is 0 Å². The van der Waals surface area contributed by atoms with Gasteiger partial charge in [0, 0.05) is 32.7 Å². The van der Waals surface area contributed by atoms with Crippen LogP contribution in [0, 0.1) is 27.7 Å². The van der Waals surface area contributed by atoms with E-state index in [-0.39, 0.29) is 0 Å². The Hall–Kier alpha value is -2.21. The molecule has 0 bridgehead atoms. The van der Waals surface area contributed by atoms with E-state index < -0.39 is 10.0 Å². The van der Waals surface area contributed by atoms with Gasteiger partial charge in [-0.15, -0.1) is 0 Å². The summed E-state index contributed by atoms with van der Waals surface area (Å²) in [5.74, 6) is 0. The van der Waals surface area contributed by atoms with Crippen molar-refractivity contribution in [2.75, 3.05) is 26.2 Å². The predicted octanol–water partition coefficient (Wildman–Crippen LogP) is 4.58. The minimum Gasteiger partial charge on any atom is -0.296 e. The number of nitrogens with zero attached hydrogens (tertiary/aromatic N) is 2. The summed E-state index contributed by atoms with van der Waals surface area (Å²) in [6.45, 7) is 11.2. The molecule has 0 atom stereocenters. The van der Waals surface area contributed by atoms with Crippen molar-refractivity contribution in [2.24, 2.45) is 0 Å². The Balaban J connectivity index is 1.49. The van der Waals surface area contributed by atoms with Gasteiger partial charge in [-0.2, -0.15) is 4.31 Å². The first-order chi connectivity index (χ1) is 14.3. The Morgan fingerprint density at radius 2 is 1.37 bits per heavy atom. The summed E-state index contributed by atoms with van der Waals surface area (Å²) in [5, 5.41) is 2.49. The van der Waals surface area contributed by atoms with Gasteiger partial charge >= 0.3 is 0 Å². The summed E-state index contributed by atoms with van der Waals surface area (Å²) in [6, 6.07) is 17.0. The number of aryl methyl sites for hydroxylation is 2. The van der Waals surface area contributed by atoms with Crippen LogP contribution in [0.3, 0.4) is 0 Å². The van der Waals surface area contributed by atoms with Crippen LogP contribution in [0.5, 0.6) is 0 Å². The number of piperazine rings is 1. The summed E-state index contributed by atoms with van der Waals surface area (Å²) in [6.07, 6.45) is 0. The molecular formula is C25H30N2O2S. The van der Waals surface area contributed by atoms with Crippen LogP contribution in [-0.2, 0) is 16.6 Å². The van der Waals surface area contributed by atoms with Crippen molar-refractivity contribution in [1.29, 1.82) is 0 Å². The van der Waals surface area contributed by atoms with E-state index in [2.05, 4.69) is 53.4 Å². The van der Waals surface area contributed by atoms with Gasteiger partial charge in [-0.1, -0.05) is 42.5 Å². The molecule has 1 fully saturated rings. The van der Waals surface area contributed by atoms with Crippen LogP contribution in [0.1, 0.15) is 27.8 Å². The van der Waals surface area contributed by atoms with Crippen molar-refractivity contribution in [3.63, 3.8) is 0 Å². The topological polar surface area (TPSA) is 40.6 Å². The molecule has 1 heterocycles. The number of rotatable bonds is 4. The molecule has 4 nitrogen and oxygen atoms in total. The van der Waals surface area contributed by atoms with Crippen LogP contribution < -0.4 is 0 Å². The number of benzene rings is 3. The quantitative estimate of drug-likeness (QED) is 0.618. The van der Waals surface area contributed by atoms with Gasteiger partial charge in [0.25, 0.3) is 0 Å². The Morgan fingerprint density at radius 1 is 0.767 bits per heavy atom. The third kappa shape index (κ3) is 3.89. The lowest BCUT2D eigenvalue weighted by atomic mass is 10.0. The summed E-state index contributed by atoms with van der Waals surface area (Å²) in [7, 11) is -3.49. The molecule has 0 amide bonds. The Bertz CT molecular complexity index is 1170. The highest BCUT2D eigenvalue weighted by molar-refractivity contribution is 7.89. The maximum Gasteiger partial charge on any atom is 0.243 e. The van der Waals surface area contributed by atoms with Gasteiger partial charge in [0.1, 0.15) is 0 Å². The molecule has 0 aromatic heterocycles. The Kier molecular flexibility index (Phi) is 5.71. The standard InChI is InChI=1S/C25H30N2O2S/c1-18-15-19(2)21(4)25(20(18)3)30(28,29)27-13-11-26(12-14-27)17-22-9-10-23-7-5-6-8-24(23)16-22/h5-10,15-16H,11-14,17H2,1-4H3. The molecule has 0 aliphatic carbocycles. The smallest absolute Gasteiger partial charge is 0.243 e. The number of hydrogen-bond acceptors (Lipinski definition) is 3. The first kappa shape index (κ1) is 21.0. The van der Waals surface area contributed by atoms with Crippen LogP contribution in [0.2, 0.25) is 0 Å². The third-order valence-electron chi connectivity index (χ3n) is 6.45. The van der Waals surface area contributed by atoms with Gasteiger partial charge in [-0.25, -0.2) is 8.42 Å². The number of sulfonamides is 1. The van der Waals surface area contributed by atoms with Crippen LogP contribution in [0.15, 0.2) is 53.4 Å². The van der Waals surface area contributed by atoms with Crippen LogP contribution in [0.4, 0.5) is 0 Å². The molecule has 0 radical (unpaired) electrons. The highest BCUT2D eigenvalue weighted by Gasteiger charge is 2.31. The second-order valence-corrected chi connectivity index (χ2v) is 10.3. The number of hydrogen-bond donors (Lipinski definition) is 0. The predicted molar refractivity (Wildman–Crippen MR) is 123 cm³/mol. The lowest BCUT2D eigenvalue weighted by molar-refractivity contribution is 0.181. The summed E-state index contributed by atoms with van der Waals surface area (Å²) in [4.78, 5) is 2.85. The minimum atomic E-state index is -3.49. The summed E-state index contributed by atoms with van der Waals surface area (Å²) >= 11 is 0. The molecule has 1 aliphatic heterocycles. The molecule has 0 unspecified atom stereocenters. The normalized spacial score (nSPS) is 16.3. The molecule has 5 heteroatoms. The van der Waals surface area contributed by atoms with Crippen molar-refractivity contribution in [3.8, 4) is 0 Å². The zero-order valence-electron chi connectivity index (χ0n) is 18.3. The molecule has 0 spiro atoms. The van der Waals surface area contributed by atoms with Crippen molar-refractivity contribution in [1.82, 2.24) is 9.21 Å². The van der Waals surface area contributed by atoms with Crippen LogP contribution >= 0.6 is 0 Å². The highest BCUT2D eigenvalue weighted by Crippen LogP contribution is 2.29. The lowest BCUT2D eigenvalue weighted by Gasteiger charge is -2.34. The molecule has 1 aliphatic rings. The van der Waals surface area contributed by atoms with E-state index in [1.165, 1.54) is 16.3 Å². The van der Waals surface area contributed by atoms with E-state index in [0.717, 1.165) is 41.9 Å². The van der Waals surface area contributed by atoms with Gasteiger partial charge in [0.2, 0.25) is 10.0 Å². The fraction of sp³-hybridized carbons (Fsp3) is 0.360. The summed E-state index contributed by atoms with van der Waals surface area (Å²) < 4.78 is 28.6. The molecule has 0 saturated carbocycles. The second kappa shape index (κ2) is 8.14. The fourth-order valence-electron chi connectivity index (χ4n) is 4.42. The lowest BCUT2D eigenvalue weighted by Crippen LogP contribution is -2.48. The largest absolute Gasteiger partial charge is 0.296 e. The van der Waals surface area contributed by atoms with Gasteiger partial charge < -0.3 is 0 Å². The fourth-order valence-corrected chi connectivity index (χ4v) is 6.42. The van der Waals surface area contributed by atoms with Crippen LogP contribution in [-0.4, -0.2) is 43.8 Å². The van der Waals surface area contributed by atoms with E-state index in [0.29, 0.717) is 18.0 Å². The molecule has 158 valence electrons. The van der Waals surface area contributed by atoms with E-state index in [4.69, 9.17) is 0 Å². The monoisotopic (exact) mass is 422 g/mol. The average Bonchev–Trinajstić information content (AvgIpc) is 2.73. The Labute approximate surface area is 180 Å². The first-order valence-electron chi connectivity index (χ1n) is 10.5. The van der Waals surface area contributed by atoms with E-state index in [1.54, 1.807) is 4.31 Å². The molecular weight excluding hydrogens is 392 g/mol. The molecule has 1 saturated heterocycles. The average molecular weight is 423 g/mol. The van der Waals surface area contributed by atoms with E-state index in [9.17, 15) is 8.42 Å². The zero-order chi connectivity index (χ0) is 21.5. The first-order valence-corrected chi connectivity index (χ1v) is 12.0. The highest BCUT2D eigenvalue weighted by atomic mass is 32.2. The maximum atomic E-state index is 13.5. The summed E-state index contributed by atoms with van der Waals surface area (Å²) in [5.41, 5.74) is 5.08. The van der Waals surface area contributed by atoms with Crippen molar-refractivity contribution >= 4 is 20.8 Å². The molecule has 3 aromatic rings. The van der Waals surface area contributed by atoms with Crippen molar-refractivity contribution < 1.29 is 8.42 Å². The minimum absolute atomic E-state index is 0.503. The molecule has 30 heavy (non-hydrogen) atoms. The van der Waals surface area contributed by atoms with E-state index >= 15 is 0 Å². The molecule has 4 rings (SSSR count). The molecule has 0 N–H and O–H groups in total. The Morgan fingerprint density at radius 3 is 2.00 bits per heavy atom. The van der Waals surface area contributed by atoms with Gasteiger partial charge in [0.05, 0.1) is 4.90 Å².